The second-order valence-electron chi connectivity index (χ2n) is 3.85. The molecule has 0 atom stereocenters. The summed E-state index contributed by atoms with van der Waals surface area (Å²) in [5, 5.41) is 3.09. The van der Waals surface area contributed by atoms with Crippen LogP contribution >= 0.6 is 0 Å². The molecule has 1 amide bonds. The van der Waals surface area contributed by atoms with Crippen molar-refractivity contribution in [1.29, 1.82) is 0 Å². The molecule has 92 valence electrons. The van der Waals surface area contributed by atoms with Crippen LogP contribution in [0.4, 0.5) is 0 Å². The lowest BCUT2D eigenvalue weighted by Gasteiger charge is -2.14. The van der Waals surface area contributed by atoms with Crippen molar-refractivity contribution in [2.45, 2.75) is 6.92 Å². The number of hydrogen-bond donors (Lipinski definition) is 1. The molecule has 0 saturated heterocycles. The summed E-state index contributed by atoms with van der Waals surface area (Å²) in [6.07, 6.45) is 4.07. The summed E-state index contributed by atoms with van der Waals surface area (Å²) in [6.45, 7) is 3.81. The summed E-state index contributed by atoms with van der Waals surface area (Å²) < 4.78 is 0. The minimum absolute atomic E-state index is 0.126. The molecule has 0 radical (unpaired) electrons. The maximum absolute atomic E-state index is 11.4. The number of carbonyl (C=O) groups is 1. The first kappa shape index (κ1) is 13.5. The van der Waals surface area contributed by atoms with E-state index < -0.39 is 0 Å². The largest absolute Gasteiger partial charge is 0.345 e. The van der Waals surface area contributed by atoms with Crippen LogP contribution in [0.15, 0.2) is 36.4 Å². The predicted molar refractivity (Wildman–Crippen MR) is 71.7 cm³/mol. The Kier molecular flexibility index (Phi) is 6.04. The Hall–Kier alpha value is -1.61. The SMILES string of the molecule is CCN(C)C(=O)CNC/C=C/c1ccccc1. The molecule has 0 aliphatic heterocycles. The highest BCUT2D eigenvalue weighted by molar-refractivity contribution is 5.77. The summed E-state index contributed by atoms with van der Waals surface area (Å²) in [5.74, 6) is 0.126. The molecule has 3 heteroatoms. The van der Waals surface area contributed by atoms with Gasteiger partial charge in [-0.2, -0.15) is 0 Å². The molecular formula is C14H20N2O. The summed E-state index contributed by atoms with van der Waals surface area (Å²) >= 11 is 0. The van der Waals surface area contributed by atoms with Crippen LogP contribution in [0, 0.1) is 0 Å². The van der Waals surface area contributed by atoms with E-state index in [0.29, 0.717) is 13.1 Å². The Morgan fingerprint density at radius 1 is 1.35 bits per heavy atom. The molecule has 0 fully saturated rings. The molecule has 1 N–H and O–H groups in total. The molecule has 0 aliphatic carbocycles. The van der Waals surface area contributed by atoms with Gasteiger partial charge in [0.15, 0.2) is 0 Å². The number of hydrogen-bond acceptors (Lipinski definition) is 2. The van der Waals surface area contributed by atoms with Crippen molar-refractivity contribution in [1.82, 2.24) is 10.2 Å². The number of amides is 1. The van der Waals surface area contributed by atoms with E-state index >= 15 is 0 Å². The zero-order valence-corrected chi connectivity index (χ0v) is 10.5. The number of nitrogens with one attached hydrogen (secondary N) is 1. The van der Waals surface area contributed by atoms with E-state index in [1.165, 1.54) is 5.56 Å². The fourth-order valence-electron chi connectivity index (χ4n) is 1.33. The Morgan fingerprint density at radius 2 is 2.06 bits per heavy atom. The van der Waals surface area contributed by atoms with Crippen molar-refractivity contribution in [3.05, 3.63) is 42.0 Å². The van der Waals surface area contributed by atoms with Crippen LogP contribution in [-0.2, 0) is 4.79 Å². The summed E-state index contributed by atoms with van der Waals surface area (Å²) in [7, 11) is 1.81. The first-order valence-electron chi connectivity index (χ1n) is 5.90. The molecule has 0 saturated carbocycles. The molecule has 1 aromatic rings. The average Bonchev–Trinajstić information content (AvgIpc) is 2.38. The molecule has 1 aromatic carbocycles. The first-order chi connectivity index (χ1) is 8.24. The maximum atomic E-state index is 11.4. The van der Waals surface area contributed by atoms with Crippen LogP contribution in [0.3, 0.4) is 0 Å². The Morgan fingerprint density at radius 3 is 2.71 bits per heavy atom. The Balaban J connectivity index is 2.20. The van der Waals surface area contributed by atoms with Crippen LogP contribution in [0.25, 0.3) is 6.08 Å². The second-order valence-corrected chi connectivity index (χ2v) is 3.85. The van der Waals surface area contributed by atoms with Crippen molar-refractivity contribution in [3.63, 3.8) is 0 Å². The van der Waals surface area contributed by atoms with Gasteiger partial charge in [-0.05, 0) is 12.5 Å². The third-order valence-corrected chi connectivity index (χ3v) is 2.55. The van der Waals surface area contributed by atoms with E-state index in [9.17, 15) is 4.79 Å². The van der Waals surface area contributed by atoms with Gasteiger partial charge in [0.05, 0.1) is 6.54 Å². The summed E-state index contributed by atoms with van der Waals surface area (Å²) in [5.41, 5.74) is 1.17. The number of likely N-dealkylation sites (N-methyl/N-ethyl adjacent to an activating group) is 1. The van der Waals surface area contributed by atoms with Gasteiger partial charge in [-0.1, -0.05) is 42.5 Å². The van der Waals surface area contributed by atoms with Crippen molar-refractivity contribution < 1.29 is 4.79 Å². The average molecular weight is 232 g/mol. The zero-order chi connectivity index (χ0) is 12.5. The van der Waals surface area contributed by atoms with E-state index in [4.69, 9.17) is 0 Å². The Bertz CT molecular complexity index is 360. The standard InChI is InChI=1S/C14H20N2O/c1-3-16(2)14(17)12-15-11-7-10-13-8-5-4-6-9-13/h4-10,15H,3,11-12H2,1-2H3/b10-7+. The van der Waals surface area contributed by atoms with Gasteiger partial charge in [-0.15, -0.1) is 0 Å². The van der Waals surface area contributed by atoms with Crippen molar-refractivity contribution in [3.8, 4) is 0 Å². The van der Waals surface area contributed by atoms with Crippen LogP contribution < -0.4 is 5.32 Å². The van der Waals surface area contributed by atoms with Gasteiger partial charge in [-0.25, -0.2) is 0 Å². The lowest BCUT2D eigenvalue weighted by Crippen LogP contribution is -2.35. The van der Waals surface area contributed by atoms with Gasteiger partial charge in [0.1, 0.15) is 0 Å². The van der Waals surface area contributed by atoms with E-state index in [0.717, 1.165) is 6.54 Å². The predicted octanol–water partition coefficient (Wildman–Crippen LogP) is 1.77. The van der Waals surface area contributed by atoms with Crippen LogP contribution in [0.2, 0.25) is 0 Å². The third-order valence-electron chi connectivity index (χ3n) is 2.55. The molecule has 0 heterocycles. The van der Waals surface area contributed by atoms with Gasteiger partial charge in [0, 0.05) is 20.1 Å². The normalized spacial score (nSPS) is 10.7. The van der Waals surface area contributed by atoms with E-state index in [1.807, 2.05) is 56.5 Å². The first-order valence-corrected chi connectivity index (χ1v) is 5.90. The lowest BCUT2D eigenvalue weighted by atomic mass is 10.2. The zero-order valence-electron chi connectivity index (χ0n) is 10.5. The maximum Gasteiger partial charge on any atom is 0.236 e. The fraction of sp³-hybridized carbons (Fsp3) is 0.357. The fourth-order valence-corrected chi connectivity index (χ4v) is 1.33. The molecule has 0 bridgehead atoms. The summed E-state index contributed by atoms with van der Waals surface area (Å²) in [6, 6.07) is 10.1. The van der Waals surface area contributed by atoms with Gasteiger partial charge < -0.3 is 10.2 Å². The quantitative estimate of drug-likeness (QED) is 0.758. The highest BCUT2D eigenvalue weighted by atomic mass is 16.2. The number of nitrogens with zero attached hydrogens (tertiary/aromatic N) is 1. The Labute approximate surface area is 103 Å². The van der Waals surface area contributed by atoms with Gasteiger partial charge in [-0.3, -0.25) is 4.79 Å². The molecule has 0 unspecified atom stereocenters. The van der Waals surface area contributed by atoms with Crippen molar-refractivity contribution in [2.24, 2.45) is 0 Å². The molecule has 0 aliphatic rings. The molecule has 0 aromatic heterocycles. The highest BCUT2D eigenvalue weighted by Gasteiger charge is 2.03. The monoisotopic (exact) mass is 232 g/mol. The minimum atomic E-state index is 0.126. The van der Waals surface area contributed by atoms with Gasteiger partial charge in [0.25, 0.3) is 0 Å². The van der Waals surface area contributed by atoms with E-state index in [-0.39, 0.29) is 5.91 Å². The van der Waals surface area contributed by atoms with Gasteiger partial charge >= 0.3 is 0 Å². The molecule has 1 rings (SSSR count). The number of carbonyl (C=O) groups excluding carboxylic acids is 1. The smallest absolute Gasteiger partial charge is 0.236 e. The van der Waals surface area contributed by atoms with Gasteiger partial charge in [0.2, 0.25) is 5.91 Å². The van der Waals surface area contributed by atoms with Crippen molar-refractivity contribution in [2.75, 3.05) is 26.7 Å². The van der Waals surface area contributed by atoms with Crippen LogP contribution in [0.5, 0.6) is 0 Å². The van der Waals surface area contributed by atoms with E-state index in [1.54, 1.807) is 4.90 Å². The molecule has 3 nitrogen and oxygen atoms in total. The van der Waals surface area contributed by atoms with Crippen LogP contribution in [0.1, 0.15) is 12.5 Å². The second kappa shape index (κ2) is 7.63. The highest BCUT2D eigenvalue weighted by Crippen LogP contribution is 1.99. The summed E-state index contributed by atoms with van der Waals surface area (Å²) in [4.78, 5) is 13.1. The minimum Gasteiger partial charge on any atom is -0.345 e. The molecule has 17 heavy (non-hydrogen) atoms. The van der Waals surface area contributed by atoms with E-state index in [2.05, 4.69) is 5.32 Å². The molecular weight excluding hydrogens is 212 g/mol. The van der Waals surface area contributed by atoms with Crippen molar-refractivity contribution >= 4 is 12.0 Å². The number of rotatable bonds is 6. The number of benzene rings is 1. The lowest BCUT2D eigenvalue weighted by molar-refractivity contribution is -0.128. The third kappa shape index (κ3) is 5.31. The molecule has 0 spiro atoms. The van der Waals surface area contributed by atoms with Crippen LogP contribution in [-0.4, -0.2) is 37.5 Å². The topological polar surface area (TPSA) is 32.3 Å².